The summed E-state index contributed by atoms with van der Waals surface area (Å²) in [5, 5.41) is 5.04. The smallest absolute Gasteiger partial charge is 0.258 e. The number of hydrogen-bond acceptors (Lipinski definition) is 2. The molecule has 0 saturated heterocycles. The molecule has 34 heavy (non-hydrogen) atoms. The van der Waals surface area contributed by atoms with Crippen LogP contribution in [0.1, 0.15) is 53.0 Å². The zero-order valence-corrected chi connectivity index (χ0v) is 19.5. The third-order valence-corrected chi connectivity index (χ3v) is 7.24. The summed E-state index contributed by atoms with van der Waals surface area (Å²) in [5.41, 5.74) is 7.20. The van der Waals surface area contributed by atoms with E-state index in [1.165, 1.54) is 24.0 Å². The normalized spacial score (nSPS) is 17.4. The van der Waals surface area contributed by atoms with Gasteiger partial charge in [0.1, 0.15) is 5.69 Å². The molecular formula is C30H29N3O. The molecule has 4 aromatic rings. The molecule has 1 saturated carbocycles. The van der Waals surface area contributed by atoms with E-state index in [4.69, 9.17) is 5.10 Å². The largest absolute Gasteiger partial charge is 0.331 e. The van der Waals surface area contributed by atoms with Crippen molar-refractivity contribution in [3.8, 4) is 16.9 Å². The van der Waals surface area contributed by atoms with Crippen LogP contribution >= 0.6 is 0 Å². The number of amides is 1. The van der Waals surface area contributed by atoms with Crippen molar-refractivity contribution in [3.63, 3.8) is 0 Å². The van der Waals surface area contributed by atoms with Crippen molar-refractivity contribution < 1.29 is 4.79 Å². The third-order valence-electron chi connectivity index (χ3n) is 7.24. The van der Waals surface area contributed by atoms with Crippen LogP contribution in [0.25, 0.3) is 16.9 Å². The van der Waals surface area contributed by atoms with E-state index < -0.39 is 0 Å². The van der Waals surface area contributed by atoms with Gasteiger partial charge < -0.3 is 4.90 Å². The maximum Gasteiger partial charge on any atom is 0.258 e. The standard InChI is InChI=1S/C30H29N3O/c1-2-26-27(28(22-12-5-3-6-13-22)31-33(26)24-14-7-4-8-15-24)30(34)32-20-19-21-11-9-10-16-25(21)29(32)23-17-18-23/h3-16,23,29H,2,17-20H2,1H3. The molecule has 1 atom stereocenters. The highest BCUT2D eigenvalue weighted by molar-refractivity contribution is 6.01. The van der Waals surface area contributed by atoms with Crippen LogP contribution in [0.3, 0.4) is 0 Å². The zero-order chi connectivity index (χ0) is 23.1. The van der Waals surface area contributed by atoms with Gasteiger partial charge >= 0.3 is 0 Å². The van der Waals surface area contributed by atoms with Crippen LogP contribution in [0.15, 0.2) is 84.9 Å². The molecule has 1 unspecified atom stereocenters. The minimum atomic E-state index is 0.115. The third kappa shape index (κ3) is 3.54. The number of aromatic nitrogens is 2. The lowest BCUT2D eigenvalue weighted by atomic mass is 9.89. The first kappa shape index (κ1) is 20.9. The first-order chi connectivity index (χ1) is 16.8. The van der Waals surface area contributed by atoms with Gasteiger partial charge in [-0.3, -0.25) is 4.79 Å². The lowest BCUT2D eigenvalue weighted by Gasteiger charge is -2.38. The molecule has 2 aliphatic rings. The molecule has 1 aliphatic carbocycles. The van der Waals surface area contributed by atoms with Crippen molar-refractivity contribution in [2.24, 2.45) is 5.92 Å². The van der Waals surface area contributed by atoms with Crippen molar-refractivity contribution in [1.29, 1.82) is 0 Å². The summed E-state index contributed by atoms with van der Waals surface area (Å²) in [6, 6.07) is 29.1. The Bertz CT molecular complexity index is 1320. The molecule has 0 radical (unpaired) electrons. The average molecular weight is 448 g/mol. The maximum atomic E-state index is 14.4. The van der Waals surface area contributed by atoms with Gasteiger partial charge in [0.15, 0.2) is 0 Å². The summed E-state index contributed by atoms with van der Waals surface area (Å²) >= 11 is 0. The molecule has 0 spiro atoms. The van der Waals surface area contributed by atoms with Gasteiger partial charge in [-0.05, 0) is 54.9 Å². The van der Waals surface area contributed by atoms with Gasteiger partial charge in [-0.25, -0.2) is 4.68 Å². The number of carbonyl (C=O) groups is 1. The fraction of sp³-hybridized carbons (Fsp3) is 0.267. The van der Waals surface area contributed by atoms with Crippen molar-refractivity contribution in [1.82, 2.24) is 14.7 Å². The Morgan fingerprint density at radius 1 is 0.912 bits per heavy atom. The molecule has 1 aliphatic heterocycles. The predicted octanol–water partition coefficient (Wildman–Crippen LogP) is 6.25. The molecule has 1 aromatic heterocycles. The number of fused-ring (bicyclic) bond motifs is 1. The summed E-state index contributed by atoms with van der Waals surface area (Å²) in [7, 11) is 0. The fourth-order valence-corrected chi connectivity index (χ4v) is 5.48. The van der Waals surface area contributed by atoms with E-state index in [9.17, 15) is 4.79 Å². The quantitative estimate of drug-likeness (QED) is 0.363. The van der Waals surface area contributed by atoms with E-state index in [2.05, 4.69) is 60.4 Å². The highest BCUT2D eigenvalue weighted by atomic mass is 16.2. The molecular weight excluding hydrogens is 418 g/mol. The first-order valence-corrected chi connectivity index (χ1v) is 12.4. The Kier molecular flexibility index (Phi) is 5.29. The molecule has 1 amide bonds. The fourth-order valence-electron chi connectivity index (χ4n) is 5.48. The second kappa shape index (κ2) is 8.60. The zero-order valence-electron chi connectivity index (χ0n) is 19.5. The highest BCUT2D eigenvalue weighted by Crippen LogP contribution is 2.48. The van der Waals surface area contributed by atoms with Crippen LogP contribution in [0, 0.1) is 5.92 Å². The number of benzene rings is 3. The monoisotopic (exact) mass is 447 g/mol. The molecule has 6 rings (SSSR count). The number of rotatable bonds is 5. The second-order valence-electron chi connectivity index (χ2n) is 9.37. The molecule has 0 bridgehead atoms. The lowest BCUT2D eigenvalue weighted by molar-refractivity contribution is 0.0634. The second-order valence-corrected chi connectivity index (χ2v) is 9.37. The molecule has 170 valence electrons. The van der Waals surface area contributed by atoms with Crippen LogP contribution in [-0.4, -0.2) is 27.1 Å². The number of carbonyl (C=O) groups excluding carboxylic acids is 1. The van der Waals surface area contributed by atoms with Crippen LogP contribution in [0.2, 0.25) is 0 Å². The molecule has 4 nitrogen and oxygen atoms in total. The van der Waals surface area contributed by atoms with Crippen molar-refractivity contribution in [2.45, 2.75) is 38.6 Å². The Labute approximate surface area is 200 Å². The van der Waals surface area contributed by atoms with Gasteiger partial charge in [0.05, 0.1) is 23.0 Å². The molecule has 0 N–H and O–H groups in total. The van der Waals surface area contributed by atoms with E-state index in [0.717, 1.165) is 47.6 Å². The van der Waals surface area contributed by atoms with Crippen molar-refractivity contribution in [3.05, 3.63) is 107 Å². The van der Waals surface area contributed by atoms with E-state index in [0.29, 0.717) is 5.92 Å². The number of nitrogens with zero attached hydrogens (tertiary/aromatic N) is 3. The molecule has 1 fully saturated rings. The number of para-hydroxylation sites is 1. The summed E-state index contributed by atoms with van der Waals surface area (Å²) in [6.45, 7) is 2.87. The van der Waals surface area contributed by atoms with Gasteiger partial charge in [0.25, 0.3) is 5.91 Å². The number of hydrogen-bond donors (Lipinski definition) is 0. The Hall–Kier alpha value is -3.66. The Morgan fingerprint density at radius 3 is 2.29 bits per heavy atom. The highest BCUT2D eigenvalue weighted by Gasteiger charge is 2.42. The van der Waals surface area contributed by atoms with Crippen molar-refractivity contribution >= 4 is 5.91 Å². The minimum absolute atomic E-state index is 0.115. The SMILES string of the molecule is CCc1c(C(=O)N2CCc3ccccc3C2C2CC2)c(-c2ccccc2)nn1-c1ccccc1. The van der Waals surface area contributed by atoms with E-state index in [1.54, 1.807) is 0 Å². The molecule has 4 heteroatoms. The van der Waals surface area contributed by atoms with Crippen LogP contribution in [0.5, 0.6) is 0 Å². The minimum Gasteiger partial charge on any atom is -0.331 e. The van der Waals surface area contributed by atoms with Gasteiger partial charge in [-0.1, -0.05) is 79.7 Å². The lowest BCUT2D eigenvalue weighted by Crippen LogP contribution is -2.41. The van der Waals surface area contributed by atoms with E-state index in [-0.39, 0.29) is 11.9 Å². The van der Waals surface area contributed by atoms with Crippen LogP contribution in [-0.2, 0) is 12.8 Å². The Morgan fingerprint density at radius 2 is 1.59 bits per heavy atom. The van der Waals surface area contributed by atoms with Gasteiger partial charge in [-0.2, -0.15) is 5.10 Å². The average Bonchev–Trinajstić information content (AvgIpc) is 3.67. The van der Waals surface area contributed by atoms with Gasteiger partial charge in [0.2, 0.25) is 0 Å². The van der Waals surface area contributed by atoms with E-state index >= 15 is 0 Å². The predicted molar refractivity (Wildman–Crippen MR) is 135 cm³/mol. The molecule has 3 aromatic carbocycles. The first-order valence-electron chi connectivity index (χ1n) is 12.4. The Balaban J connectivity index is 1.51. The van der Waals surface area contributed by atoms with Gasteiger partial charge in [0, 0.05) is 12.1 Å². The van der Waals surface area contributed by atoms with Crippen LogP contribution in [0.4, 0.5) is 0 Å². The van der Waals surface area contributed by atoms with Crippen LogP contribution < -0.4 is 0 Å². The summed E-state index contributed by atoms with van der Waals surface area (Å²) in [4.78, 5) is 16.6. The van der Waals surface area contributed by atoms with Gasteiger partial charge in [-0.15, -0.1) is 0 Å². The summed E-state index contributed by atoms with van der Waals surface area (Å²) in [5.74, 6) is 0.670. The summed E-state index contributed by atoms with van der Waals surface area (Å²) < 4.78 is 1.97. The summed E-state index contributed by atoms with van der Waals surface area (Å²) in [6.07, 6.45) is 4.02. The topological polar surface area (TPSA) is 38.1 Å². The molecule has 2 heterocycles. The van der Waals surface area contributed by atoms with Crippen molar-refractivity contribution in [2.75, 3.05) is 6.54 Å². The maximum absolute atomic E-state index is 14.4. The van der Waals surface area contributed by atoms with E-state index in [1.807, 2.05) is 41.1 Å².